The third kappa shape index (κ3) is 11.6. The number of likely N-dealkylation sites (N-methyl/N-ethyl adjacent to an activating group) is 1. The lowest BCUT2D eigenvalue weighted by atomic mass is 9.79. The molecule has 64 heavy (non-hydrogen) atoms. The number of carbonyl (C=O) groups is 2. The largest absolute Gasteiger partial charge is 0.344 e. The predicted molar refractivity (Wildman–Crippen MR) is 267 cm³/mol. The van der Waals surface area contributed by atoms with Gasteiger partial charge in [0.1, 0.15) is 6.54 Å². The smallest absolute Gasteiger partial charge is 0.264 e. The third-order valence-corrected chi connectivity index (χ3v) is 14.0. The molecule has 0 atom stereocenters. The topological polar surface area (TPSA) is 98.0 Å². The second-order valence-electron chi connectivity index (χ2n) is 18.7. The van der Waals surface area contributed by atoms with Gasteiger partial charge in [-0.3, -0.25) is 14.1 Å². The molecule has 4 aromatic carbocycles. The highest BCUT2D eigenvalue weighted by molar-refractivity contribution is 7.85. The molecule has 2 aliphatic rings. The average molecular weight is 885 g/mol. The number of unbranched alkanes of at least 4 members (excludes halogenated alkanes) is 7. The first-order valence-corrected chi connectivity index (χ1v) is 25.2. The van der Waals surface area contributed by atoms with Gasteiger partial charge in [0.2, 0.25) is 11.6 Å². The van der Waals surface area contributed by atoms with Gasteiger partial charge in [-0.25, -0.2) is 0 Å². The zero-order valence-corrected chi connectivity index (χ0v) is 39.9. The van der Waals surface area contributed by atoms with E-state index in [9.17, 15) is 22.6 Å². The summed E-state index contributed by atoms with van der Waals surface area (Å²) in [5.74, 6) is -0.0458. The van der Waals surface area contributed by atoms with Crippen LogP contribution in [0.2, 0.25) is 0 Å². The van der Waals surface area contributed by atoms with Crippen LogP contribution in [-0.4, -0.2) is 72.3 Å². The second kappa shape index (κ2) is 21.7. The summed E-state index contributed by atoms with van der Waals surface area (Å²) in [5, 5.41) is 4.91. The first-order valence-electron chi connectivity index (χ1n) is 23.5. The van der Waals surface area contributed by atoms with Crippen LogP contribution in [0.5, 0.6) is 0 Å². The summed E-state index contributed by atoms with van der Waals surface area (Å²) in [4.78, 5) is 29.3. The van der Waals surface area contributed by atoms with Crippen molar-refractivity contribution in [3.8, 4) is 0 Å². The van der Waals surface area contributed by atoms with Crippen LogP contribution >= 0.6 is 0 Å². The Bertz CT molecular complexity index is 2580. The SMILES string of the molecule is CCCCCCCC(=O)CN(C)C(=O)CCCCC[N+]1=C(C=CC=CC=CC=C2N(CCCCS(=O)(=O)O)c3ccc4ccccc4c3C2(C)C)C(C)(C)c2c1ccc1ccccc21. The van der Waals surface area contributed by atoms with Gasteiger partial charge in [0.15, 0.2) is 11.5 Å². The number of benzene rings is 4. The van der Waals surface area contributed by atoms with Crippen molar-refractivity contribution in [1.29, 1.82) is 0 Å². The Morgan fingerprint density at radius 3 is 2.05 bits per heavy atom. The Hall–Kier alpha value is -5.12. The van der Waals surface area contributed by atoms with E-state index in [2.05, 4.69) is 159 Å². The number of amides is 1. The van der Waals surface area contributed by atoms with Crippen molar-refractivity contribution < 1.29 is 27.1 Å². The van der Waals surface area contributed by atoms with Crippen LogP contribution in [-0.2, 0) is 30.5 Å². The van der Waals surface area contributed by atoms with Crippen molar-refractivity contribution in [3.05, 3.63) is 132 Å². The fraction of sp³-hybridized carbons (Fsp3) is 0.436. The van der Waals surface area contributed by atoms with Crippen molar-refractivity contribution >= 4 is 60.4 Å². The normalized spacial score (nSPS) is 16.4. The number of hydrogen-bond donors (Lipinski definition) is 1. The number of hydrogen-bond acceptors (Lipinski definition) is 5. The summed E-state index contributed by atoms with van der Waals surface area (Å²) in [6, 6.07) is 25.9. The Morgan fingerprint density at radius 1 is 0.703 bits per heavy atom. The fourth-order valence-corrected chi connectivity index (χ4v) is 10.4. The molecule has 8 nitrogen and oxygen atoms in total. The molecule has 340 valence electrons. The Kier molecular flexibility index (Phi) is 16.4. The number of Topliss-reactive ketones (excluding diaryl/α,β-unsaturated/α-hetero) is 1. The molecule has 0 unspecified atom stereocenters. The van der Waals surface area contributed by atoms with Crippen LogP contribution in [0.1, 0.15) is 123 Å². The summed E-state index contributed by atoms with van der Waals surface area (Å²) in [6.45, 7) is 13.0. The highest BCUT2D eigenvalue weighted by atomic mass is 32.2. The lowest BCUT2D eigenvalue weighted by molar-refractivity contribution is -0.438. The maximum absolute atomic E-state index is 12.9. The molecule has 2 aliphatic heterocycles. The Labute approximate surface area is 382 Å². The van der Waals surface area contributed by atoms with Gasteiger partial charge in [-0.05, 0) is 91.3 Å². The lowest BCUT2D eigenvalue weighted by Gasteiger charge is -2.27. The number of nitrogens with zero attached hydrogens (tertiary/aromatic N) is 3. The zero-order valence-electron chi connectivity index (χ0n) is 39.1. The van der Waals surface area contributed by atoms with E-state index >= 15 is 0 Å². The highest BCUT2D eigenvalue weighted by Crippen LogP contribution is 2.51. The van der Waals surface area contributed by atoms with Gasteiger partial charge < -0.3 is 9.80 Å². The molecule has 1 amide bonds. The van der Waals surface area contributed by atoms with Crippen LogP contribution in [0, 0.1) is 0 Å². The van der Waals surface area contributed by atoms with E-state index < -0.39 is 10.1 Å². The minimum absolute atomic E-state index is 0.0439. The second-order valence-corrected chi connectivity index (χ2v) is 20.3. The van der Waals surface area contributed by atoms with Crippen LogP contribution in [0.4, 0.5) is 11.4 Å². The number of rotatable bonds is 23. The monoisotopic (exact) mass is 885 g/mol. The van der Waals surface area contributed by atoms with Crippen molar-refractivity contribution in [2.45, 2.75) is 122 Å². The first kappa shape index (κ1) is 48.3. The molecule has 2 heterocycles. The van der Waals surface area contributed by atoms with E-state index in [0.29, 0.717) is 32.2 Å². The summed E-state index contributed by atoms with van der Waals surface area (Å²) < 4.78 is 34.7. The molecule has 0 saturated carbocycles. The van der Waals surface area contributed by atoms with Gasteiger partial charge in [-0.15, -0.1) is 0 Å². The van der Waals surface area contributed by atoms with E-state index in [1.807, 2.05) is 0 Å². The maximum atomic E-state index is 12.9. The molecule has 0 bridgehead atoms. The zero-order chi connectivity index (χ0) is 45.9. The number of anilines is 1. The summed E-state index contributed by atoms with van der Waals surface area (Å²) in [7, 11) is -2.25. The summed E-state index contributed by atoms with van der Waals surface area (Å²) >= 11 is 0. The molecule has 4 aromatic rings. The molecule has 0 saturated heterocycles. The number of ketones is 1. The number of carbonyl (C=O) groups excluding carboxylic acids is 2. The van der Waals surface area contributed by atoms with Crippen molar-refractivity contribution in [2.75, 3.05) is 37.3 Å². The average Bonchev–Trinajstić information content (AvgIpc) is 3.62. The number of allylic oxidation sites excluding steroid dienone is 8. The molecule has 0 spiro atoms. The number of fused-ring (bicyclic) bond motifs is 6. The minimum Gasteiger partial charge on any atom is -0.344 e. The maximum Gasteiger partial charge on any atom is 0.264 e. The van der Waals surface area contributed by atoms with Gasteiger partial charge in [0, 0.05) is 67.4 Å². The van der Waals surface area contributed by atoms with E-state index in [4.69, 9.17) is 0 Å². The van der Waals surface area contributed by atoms with Gasteiger partial charge in [0.25, 0.3) is 10.1 Å². The lowest BCUT2D eigenvalue weighted by Crippen LogP contribution is -2.31. The quantitative estimate of drug-likeness (QED) is 0.0345. The molecular formula is C55H70N3O5S+. The van der Waals surface area contributed by atoms with Crippen molar-refractivity contribution in [3.63, 3.8) is 0 Å². The predicted octanol–water partition coefficient (Wildman–Crippen LogP) is 12.3. The molecule has 0 aliphatic carbocycles. The van der Waals surface area contributed by atoms with Crippen LogP contribution < -0.4 is 4.90 Å². The van der Waals surface area contributed by atoms with E-state index in [1.54, 1.807) is 11.9 Å². The van der Waals surface area contributed by atoms with E-state index in [-0.39, 0.29) is 34.8 Å². The molecular weight excluding hydrogens is 815 g/mol. The first-order chi connectivity index (χ1) is 30.6. The van der Waals surface area contributed by atoms with Crippen LogP contribution in [0.25, 0.3) is 21.5 Å². The molecule has 9 heteroatoms. The summed E-state index contributed by atoms with van der Waals surface area (Å²) in [6.07, 6.45) is 25.0. The van der Waals surface area contributed by atoms with Crippen LogP contribution in [0.15, 0.2) is 121 Å². The third-order valence-electron chi connectivity index (χ3n) is 13.2. The van der Waals surface area contributed by atoms with E-state index in [1.165, 1.54) is 63.3 Å². The molecule has 0 fully saturated rings. The molecule has 0 aromatic heterocycles. The highest BCUT2D eigenvalue weighted by Gasteiger charge is 2.45. The van der Waals surface area contributed by atoms with Gasteiger partial charge in [-0.2, -0.15) is 13.0 Å². The Morgan fingerprint density at radius 2 is 1.33 bits per heavy atom. The standard InChI is InChI=1S/C55H69N3O5S/c1-7-8-9-11-15-28-44(59)41-56(6)51(60)33-18-14-23-38-57-47-36-34-42-26-19-21-29-45(42)52(47)54(2,3)49(57)31-16-12-10-13-17-32-50-55(4,5)53-46-30-22-20-27-43(46)35-37-48(53)58(50)39-24-25-40-64(61,62)63/h10,12-13,16-17,19-22,26-27,29-32,34-37H,7-9,11,14-15,18,23-25,28,33,38-41H2,1-6H3/p+1. The Balaban J connectivity index is 1.14. The minimum atomic E-state index is -4.01. The molecule has 0 radical (unpaired) electrons. The van der Waals surface area contributed by atoms with Crippen molar-refractivity contribution in [2.24, 2.45) is 0 Å². The van der Waals surface area contributed by atoms with Crippen molar-refractivity contribution in [1.82, 2.24) is 4.90 Å². The molecule has 6 rings (SSSR count). The van der Waals surface area contributed by atoms with Gasteiger partial charge >= 0.3 is 0 Å². The van der Waals surface area contributed by atoms with Gasteiger partial charge in [-0.1, -0.05) is 131 Å². The van der Waals surface area contributed by atoms with Crippen LogP contribution in [0.3, 0.4) is 0 Å². The molecule has 1 N–H and O–H groups in total. The summed E-state index contributed by atoms with van der Waals surface area (Å²) in [5.41, 5.74) is 6.82. The van der Waals surface area contributed by atoms with Gasteiger partial charge in [0.05, 0.1) is 17.7 Å². The van der Waals surface area contributed by atoms with E-state index in [0.717, 1.165) is 50.0 Å². The fourth-order valence-electron chi connectivity index (χ4n) is 9.86.